The molecule has 30 heavy (non-hydrogen) atoms. The number of hydrogen-bond acceptors (Lipinski definition) is 7. The topological polar surface area (TPSA) is 67.4 Å². The lowest BCUT2D eigenvalue weighted by Crippen LogP contribution is -2.32. The second kappa shape index (κ2) is 9.89. The highest BCUT2D eigenvalue weighted by molar-refractivity contribution is 7.99. The zero-order chi connectivity index (χ0) is 20.9. The standard InChI is InChI=1S/C20H24ClN5O2S2/c1-24(13-16-7-8-17(21)30-16)18(27)14-29-20-23-22-19(25-9-3-2-4-10-25)26(20)12-15-6-5-11-28-15/h5-8,11H,2-4,9-10,12-14H2,1H3. The molecule has 3 aromatic heterocycles. The molecule has 0 saturated carbocycles. The zero-order valence-corrected chi connectivity index (χ0v) is 19.2. The molecule has 4 rings (SSSR count). The van der Waals surface area contributed by atoms with E-state index in [-0.39, 0.29) is 5.91 Å². The Morgan fingerprint density at radius 2 is 2.10 bits per heavy atom. The smallest absolute Gasteiger partial charge is 0.233 e. The Hall–Kier alpha value is -1.97. The van der Waals surface area contributed by atoms with Crippen molar-refractivity contribution in [1.82, 2.24) is 19.7 Å². The van der Waals surface area contributed by atoms with E-state index in [0.29, 0.717) is 18.8 Å². The van der Waals surface area contributed by atoms with E-state index < -0.39 is 0 Å². The highest BCUT2D eigenvalue weighted by Crippen LogP contribution is 2.27. The minimum absolute atomic E-state index is 0.0385. The van der Waals surface area contributed by atoms with Gasteiger partial charge in [0.15, 0.2) is 5.16 Å². The number of nitrogens with zero attached hydrogens (tertiary/aromatic N) is 5. The summed E-state index contributed by atoms with van der Waals surface area (Å²) in [7, 11) is 1.81. The van der Waals surface area contributed by atoms with Gasteiger partial charge in [0.25, 0.3) is 0 Å². The van der Waals surface area contributed by atoms with Gasteiger partial charge >= 0.3 is 0 Å². The van der Waals surface area contributed by atoms with E-state index in [4.69, 9.17) is 16.0 Å². The van der Waals surface area contributed by atoms with Crippen LogP contribution in [0.3, 0.4) is 0 Å². The molecule has 7 nitrogen and oxygen atoms in total. The third-order valence-corrected chi connectivity index (χ3v) is 7.17. The molecule has 0 aromatic carbocycles. The molecular weight excluding hydrogens is 442 g/mol. The van der Waals surface area contributed by atoms with E-state index in [1.807, 2.05) is 31.3 Å². The van der Waals surface area contributed by atoms with Crippen molar-refractivity contribution in [1.29, 1.82) is 0 Å². The van der Waals surface area contributed by atoms with Crippen LogP contribution in [-0.2, 0) is 17.9 Å². The normalized spacial score (nSPS) is 14.3. The van der Waals surface area contributed by atoms with Gasteiger partial charge in [-0.2, -0.15) is 0 Å². The van der Waals surface area contributed by atoms with Crippen LogP contribution in [0.2, 0.25) is 4.34 Å². The predicted molar refractivity (Wildman–Crippen MR) is 120 cm³/mol. The maximum atomic E-state index is 12.7. The molecule has 0 N–H and O–H groups in total. The van der Waals surface area contributed by atoms with E-state index in [1.54, 1.807) is 11.2 Å². The minimum atomic E-state index is 0.0385. The van der Waals surface area contributed by atoms with Crippen LogP contribution < -0.4 is 4.90 Å². The summed E-state index contributed by atoms with van der Waals surface area (Å²) in [5, 5.41) is 9.58. The molecule has 0 spiro atoms. The molecular formula is C20H24ClN5O2S2. The number of rotatable bonds is 8. The summed E-state index contributed by atoms with van der Waals surface area (Å²) in [6.07, 6.45) is 5.24. The van der Waals surface area contributed by atoms with Crippen LogP contribution in [-0.4, -0.2) is 51.5 Å². The first-order valence-electron chi connectivity index (χ1n) is 9.91. The summed E-state index contributed by atoms with van der Waals surface area (Å²) < 4.78 is 8.34. The number of thioether (sulfide) groups is 1. The number of aromatic nitrogens is 3. The largest absolute Gasteiger partial charge is 0.467 e. The number of hydrogen-bond donors (Lipinski definition) is 0. The van der Waals surface area contributed by atoms with E-state index in [0.717, 1.165) is 52.0 Å². The summed E-state index contributed by atoms with van der Waals surface area (Å²) >= 11 is 8.90. The molecule has 1 aliphatic heterocycles. The SMILES string of the molecule is CN(Cc1ccc(Cl)s1)C(=O)CSc1nnc(N2CCCCC2)n1Cc1ccco1. The van der Waals surface area contributed by atoms with E-state index in [9.17, 15) is 4.79 Å². The van der Waals surface area contributed by atoms with Crippen LogP contribution >= 0.6 is 34.7 Å². The van der Waals surface area contributed by atoms with E-state index >= 15 is 0 Å². The van der Waals surface area contributed by atoms with Gasteiger partial charge in [-0.05, 0) is 43.5 Å². The van der Waals surface area contributed by atoms with Gasteiger partial charge in [0.05, 0.1) is 29.4 Å². The molecule has 1 aliphatic rings. The third-order valence-electron chi connectivity index (χ3n) is 5.00. The van der Waals surface area contributed by atoms with E-state index in [2.05, 4.69) is 19.7 Å². The average molecular weight is 466 g/mol. The maximum Gasteiger partial charge on any atom is 0.233 e. The Morgan fingerprint density at radius 1 is 1.27 bits per heavy atom. The number of thiophene rings is 1. The Bertz CT molecular complexity index is 966. The number of carbonyl (C=O) groups is 1. The van der Waals surface area contributed by atoms with Gasteiger partial charge in [-0.3, -0.25) is 9.36 Å². The first kappa shape index (κ1) is 21.3. The number of amides is 1. The lowest BCUT2D eigenvalue weighted by molar-refractivity contribution is -0.127. The highest BCUT2D eigenvalue weighted by atomic mass is 35.5. The number of halogens is 1. The van der Waals surface area contributed by atoms with Crippen molar-refractivity contribution in [3.05, 3.63) is 45.5 Å². The van der Waals surface area contributed by atoms with Crippen molar-refractivity contribution in [2.24, 2.45) is 0 Å². The highest BCUT2D eigenvalue weighted by Gasteiger charge is 2.22. The van der Waals surface area contributed by atoms with Crippen molar-refractivity contribution in [2.45, 2.75) is 37.5 Å². The first-order valence-corrected chi connectivity index (χ1v) is 12.1. The second-order valence-electron chi connectivity index (χ2n) is 7.24. The Balaban J connectivity index is 1.44. The Labute approximate surface area is 189 Å². The summed E-state index contributed by atoms with van der Waals surface area (Å²) in [6, 6.07) is 7.63. The summed E-state index contributed by atoms with van der Waals surface area (Å²) in [5.41, 5.74) is 0. The van der Waals surface area contributed by atoms with Gasteiger partial charge < -0.3 is 14.2 Å². The number of piperidine rings is 1. The van der Waals surface area contributed by atoms with Crippen molar-refractivity contribution in [3.8, 4) is 0 Å². The maximum absolute atomic E-state index is 12.7. The van der Waals surface area contributed by atoms with Crippen molar-refractivity contribution >= 4 is 46.6 Å². The molecule has 160 valence electrons. The van der Waals surface area contributed by atoms with Crippen molar-refractivity contribution in [3.63, 3.8) is 0 Å². The lowest BCUT2D eigenvalue weighted by Gasteiger charge is -2.27. The Kier molecular flexibility index (Phi) is 7.01. The van der Waals surface area contributed by atoms with Gasteiger partial charge in [-0.1, -0.05) is 23.4 Å². The molecule has 0 unspecified atom stereocenters. The van der Waals surface area contributed by atoms with Crippen LogP contribution in [0, 0.1) is 0 Å². The van der Waals surface area contributed by atoms with Gasteiger partial charge in [-0.25, -0.2) is 0 Å². The summed E-state index contributed by atoms with van der Waals surface area (Å²) in [6.45, 7) is 3.05. The van der Waals surface area contributed by atoms with Gasteiger partial charge in [0.1, 0.15) is 5.76 Å². The van der Waals surface area contributed by atoms with Crippen LogP contribution in [0.15, 0.2) is 40.1 Å². The van der Waals surface area contributed by atoms with Crippen molar-refractivity contribution in [2.75, 3.05) is 30.8 Å². The van der Waals surface area contributed by atoms with Crippen LogP contribution in [0.25, 0.3) is 0 Å². The molecule has 0 radical (unpaired) electrons. The fourth-order valence-electron chi connectivity index (χ4n) is 3.41. The number of anilines is 1. The zero-order valence-electron chi connectivity index (χ0n) is 16.8. The molecule has 0 aliphatic carbocycles. The molecule has 0 bridgehead atoms. The molecule has 1 saturated heterocycles. The Morgan fingerprint density at radius 3 is 2.80 bits per heavy atom. The molecule has 10 heteroatoms. The minimum Gasteiger partial charge on any atom is -0.467 e. The number of furan rings is 1. The first-order chi connectivity index (χ1) is 14.6. The second-order valence-corrected chi connectivity index (χ2v) is 9.98. The van der Waals surface area contributed by atoms with Crippen LogP contribution in [0.5, 0.6) is 0 Å². The predicted octanol–water partition coefficient (Wildman–Crippen LogP) is 4.38. The molecule has 1 amide bonds. The molecule has 0 atom stereocenters. The van der Waals surface area contributed by atoms with Crippen molar-refractivity contribution < 1.29 is 9.21 Å². The fraction of sp³-hybridized carbons (Fsp3) is 0.450. The average Bonchev–Trinajstić information content (AvgIpc) is 3.49. The van der Waals surface area contributed by atoms with Crippen LogP contribution in [0.4, 0.5) is 5.95 Å². The summed E-state index contributed by atoms with van der Waals surface area (Å²) in [4.78, 5) is 17.7. The molecule has 4 heterocycles. The fourth-order valence-corrected chi connectivity index (χ4v) is 5.42. The third kappa shape index (κ3) is 5.19. The summed E-state index contributed by atoms with van der Waals surface area (Å²) in [5.74, 6) is 2.03. The van der Waals surface area contributed by atoms with Gasteiger partial charge in [0.2, 0.25) is 11.9 Å². The van der Waals surface area contributed by atoms with Gasteiger partial charge in [0, 0.05) is 25.0 Å². The van der Waals surface area contributed by atoms with E-state index in [1.165, 1.54) is 29.5 Å². The van der Waals surface area contributed by atoms with Gasteiger partial charge in [-0.15, -0.1) is 21.5 Å². The monoisotopic (exact) mass is 465 g/mol. The molecule has 1 fully saturated rings. The molecule has 3 aromatic rings. The quantitative estimate of drug-likeness (QED) is 0.460. The lowest BCUT2D eigenvalue weighted by atomic mass is 10.1. The van der Waals surface area contributed by atoms with Crippen LogP contribution in [0.1, 0.15) is 29.9 Å². The number of carbonyl (C=O) groups excluding carboxylic acids is 1.